The Balaban J connectivity index is 1.31. The van der Waals surface area contributed by atoms with Crippen LogP contribution in [0.3, 0.4) is 0 Å². The topological polar surface area (TPSA) is 78.5 Å². The normalized spacial score (nSPS) is 17.9. The Morgan fingerprint density at radius 2 is 1.83 bits per heavy atom. The first-order valence-corrected chi connectivity index (χ1v) is 10.1. The summed E-state index contributed by atoms with van der Waals surface area (Å²) in [4.78, 5) is 38.6. The third kappa shape index (κ3) is 4.43. The highest BCUT2D eigenvalue weighted by atomic mass is 35.5. The second kappa shape index (κ2) is 8.25. The fourth-order valence-corrected chi connectivity index (χ4v) is 4.03. The number of nitrogens with one attached hydrogen (secondary N) is 2. The number of carbonyl (C=O) groups is 3. The molecule has 150 valence electrons. The van der Waals surface area contributed by atoms with Crippen LogP contribution in [0.2, 0.25) is 5.02 Å². The van der Waals surface area contributed by atoms with Crippen molar-refractivity contribution in [3.63, 3.8) is 0 Å². The first-order valence-electron chi connectivity index (χ1n) is 9.75. The summed E-state index contributed by atoms with van der Waals surface area (Å²) in [5.41, 5.74) is 4.10. The molecule has 7 heteroatoms. The van der Waals surface area contributed by atoms with Crippen LogP contribution >= 0.6 is 11.6 Å². The molecule has 6 nitrogen and oxygen atoms in total. The van der Waals surface area contributed by atoms with E-state index < -0.39 is 5.92 Å². The highest BCUT2D eigenvalue weighted by Crippen LogP contribution is 2.30. The van der Waals surface area contributed by atoms with Gasteiger partial charge in [-0.05, 0) is 66.8 Å². The minimum absolute atomic E-state index is 0.0614. The third-order valence-electron chi connectivity index (χ3n) is 5.44. The molecule has 4 rings (SSSR count). The molecule has 2 aromatic carbocycles. The van der Waals surface area contributed by atoms with Crippen molar-refractivity contribution in [2.24, 2.45) is 5.92 Å². The van der Waals surface area contributed by atoms with Gasteiger partial charge in [-0.15, -0.1) is 0 Å². The number of halogens is 1. The number of anilines is 2. The zero-order valence-electron chi connectivity index (χ0n) is 15.9. The van der Waals surface area contributed by atoms with Crippen molar-refractivity contribution in [2.75, 3.05) is 23.3 Å². The number of nitrogens with zero attached hydrogens (tertiary/aromatic N) is 1. The highest BCUT2D eigenvalue weighted by Gasteiger charge is 2.35. The molecule has 29 heavy (non-hydrogen) atoms. The van der Waals surface area contributed by atoms with E-state index in [1.54, 1.807) is 29.2 Å². The summed E-state index contributed by atoms with van der Waals surface area (Å²) in [7, 11) is 0. The molecule has 0 aromatic heterocycles. The van der Waals surface area contributed by atoms with Crippen molar-refractivity contribution < 1.29 is 14.4 Å². The minimum Gasteiger partial charge on any atom is -0.347 e. The van der Waals surface area contributed by atoms with Gasteiger partial charge in [0.2, 0.25) is 17.7 Å². The van der Waals surface area contributed by atoms with Crippen LogP contribution in [0.25, 0.3) is 0 Å². The number of fused-ring (bicyclic) bond motifs is 1. The minimum atomic E-state index is -0.459. The first kappa shape index (κ1) is 19.5. The largest absolute Gasteiger partial charge is 0.347 e. The molecule has 2 aliphatic rings. The number of rotatable bonds is 5. The van der Waals surface area contributed by atoms with Crippen molar-refractivity contribution in [2.45, 2.75) is 25.7 Å². The lowest BCUT2D eigenvalue weighted by molar-refractivity contribution is -0.127. The number of aryl methyl sites for hydroxylation is 2. The summed E-state index contributed by atoms with van der Waals surface area (Å²) in [5, 5.41) is 5.91. The highest BCUT2D eigenvalue weighted by molar-refractivity contribution is 6.30. The van der Waals surface area contributed by atoms with Crippen LogP contribution < -0.4 is 15.5 Å². The van der Waals surface area contributed by atoms with Gasteiger partial charge in [-0.1, -0.05) is 17.7 Å². The lowest BCUT2D eigenvalue weighted by atomic mass is 10.1. The molecule has 1 aliphatic carbocycles. The van der Waals surface area contributed by atoms with Gasteiger partial charge >= 0.3 is 0 Å². The summed E-state index contributed by atoms with van der Waals surface area (Å²) in [5.74, 6) is -1.14. The van der Waals surface area contributed by atoms with Crippen LogP contribution in [0.1, 0.15) is 24.0 Å². The van der Waals surface area contributed by atoms with E-state index in [-0.39, 0.29) is 30.7 Å². The Bertz CT molecular complexity index is 958. The first-order chi connectivity index (χ1) is 14.0. The predicted molar refractivity (Wildman–Crippen MR) is 112 cm³/mol. The lowest BCUT2D eigenvalue weighted by Gasteiger charge is -2.18. The number of amides is 3. The molecule has 2 N–H and O–H groups in total. The summed E-state index contributed by atoms with van der Waals surface area (Å²) in [6.45, 7) is 0.188. The van der Waals surface area contributed by atoms with Crippen molar-refractivity contribution in [1.29, 1.82) is 0 Å². The van der Waals surface area contributed by atoms with Crippen LogP contribution in [-0.4, -0.2) is 30.8 Å². The van der Waals surface area contributed by atoms with Gasteiger partial charge in [-0.3, -0.25) is 14.4 Å². The zero-order valence-corrected chi connectivity index (χ0v) is 16.7. The SMILES string of the molecule is O=C(CNC(=O)C1CC(=O)N(c2ccc3c(c2)CCC3)C1)Nc1ccc(Cl)cc1. The van der Waals surface area contributed by atoms with E-state index in [0.717, 1.165) is 24.9 Å². The molecular weight excluding hydrogens is 390 g/mol. The monoisotopic (exact) mass is 411 g/mol. The third-order valence-corrected chi connectivity index (χ3v) is 5.69. The van der Waals surface area contributed by atoms with E-state index in [9.17, 15) is 14.4 Å². The summed E-state index contributed by atoms with van der Waals surface area (Å²) >= 11 is 5.82. The number of carbonyl (C=O) groups excluding carboxylic acids is 3. The average molecular weight is 412 g/mol. The molecule has 1 heterocycles. The predicted octanol–water partition coefficient (Wildman–Crippen LogP) is 2.94. The Hall–Kier alpha value is -2.86. The summed E-state index contributed by atoms with van der Waals surface area (Å²) in [6, 6.07) is 12.8. The maximum absolute atomic E-state index is 12.5. The van der Waals surface area contributed by atoms with Gasteiger partial charge in [0.1, 0.15) is 0 Å². The van der Waals surface area contributed by atoms with Crippen LogP contribution in [0, 0.1) is 5.92 Å². The zero-order chi connectivity index (χ0) is 20.4. The van der Waals surface area contributed by atoms with Crippen molar-refractivity contribution in [1.82, 2.24) is 5.32 Å². The standard InChI is InChI=1S/C22H22ClN3O3/c23-17-5-7-18(8-6-17)25-20(27)12-24-22(29)16-11-21(28)26(13-16)19-9-4-14-2-1-3-15(14)10-19/h4-10,16H,1-3,11-13H2,(H,24,29)(H,25,27). The molecule has 0 saturated carbocycles. The molecule has 1 fully saturated rings. The van der Waals surface area contributed by atoms with Gasteiger partial charge in [0.25, 0.3) is 0 Å². The number of hydrogen-bond acceptors (Lipinski definition) is 3. The van der Waals surface area contributed by atoms with Crippen molar-refractivity contribution in [3.8, 4) is 0 Å². The van der Waals surface area contributed by atoms with Crippen LogP contribution in [0.4, 0.5) is 11.4 Å². The molecule has 1 aliphatic heterocycles. The number of benzene rings is 2. The number of hydrogen-bond donors (Lipinski definition) is 2. The summed E-state index contributed by atoms with van der Waals surface area (Å²) < 4.78 is 0. The Morgan fingerprint density at radius 1 is 1.07 bits per heavy atom. The molecule has 0 radical (unpaired) electrons. The molecule has 1 atom stereocenters. The van der Waals surface area contributed by atoms with Gasteiger partial charge in [0, 0.05) is 29.4 Å². The maximum Gasteiger partial charge on any atom is 0.243 e. The molecule has 0 bridgehead atoms. The van der Waals surface area contributed by atoms with Gasteiger partial charge in [-0.25, -0.2) is 0 Å². The average Bonchev–Trinajstić information content (AvgIpc) is 3.33. The van der Waals surface area contributed by atoms with Gasteiger partial charge in [0.15, 0.2) is 0 Å². The Morgan fingerprint density at radius 3 is 2.62 bits per heavy atom. The van der Waals surface area contributed by atoms with Gasteiger partial charge in [0.05, 0.1) is 12.5 Å². The van der Waals surface area contributed by atoms with Crippen molar-refractivity contribution >= 4 is 40.7 Å². The van der Waals surface area contributed by atoms with Gasteiger partial charge in [-0.2, -0.15) is 0 Å². The molecule has 1 unspecified atom stereocenters. The van der Waals surface area contributed by atoms with E-state index in [1.165, 1.54) is 11.1 Å². The van der Waals surface area contributed by atoms with Crippen LogP contribution in [-0.2, 0) is 27.2 Å². The fraction of sp³-hybridized carbons (Fsp3) is 0.318. The van der Waals surface area contributed by atoms with E-state index in [0.29, 0.717) is 17.3 Å². The molecule has 3 amide bonds. The van der Waals surface area contributed by atoms with Gasteiger partial charge < -0.3 is 15.5 Å². The maximum atomic E-state index is 12.5. The molecule has 1 saturated heterocycles. The lowest BCUT2D eigenvalue weighted by Crippen LogP contribution is -2.37. The van der Waals surface area contributed by atoms with E-state index >= 15 is 0 Å². The Kier molecular flexibility index (Phi) is 5.53. The second-order valence-corrected chi connectivity index (χ2v) is 7.92. The van der Waals surface area contributed by atoms with E-state index in [1.807, 2.05) is 6.07 Å². The molecule has 2 aromatic rings. The van der Waals surface area contributed by atoms with Crippen molar-refractivity contribution in [3.05, 3.63) is 58.6 Å². The quantitative estimate of drug-likeness (QED) is 0.794. The van der Waals surface area contributed by atoms with E-state index in [2.05, 4.69) is 22.8 Å². The molecule has 0 spiro atoms. The summed E-state index contributed by atoms with van der Waals surface area (Å²) in [6.07, 6.45) is 3.43. The molecular formula is C22H22ClN3O3. The smallest absolute Gasteiger partial charge is 0.243 e. The van der Waals surface area contributed by atoms with Crippen LogP contribution in [0.15, 0.2) is 42.5 Å². The van der Waals surface area contributed by atoms with E-state index in [4.69, 9.17) is 11.6 Å². The Labute approximate surface area is 174 Å². The second-order valence-electron chi connectivity index (χ2n) is 7.48. The van der Waals surface area contributed by atoms with Crippen LogP contribution in [0.5, 0.6) is 0 Å². The fourth-order valence-electron chi connectivity index (χ4n) is 3.91.